The summed E-state index contributed by atoms with van der Waals surface area (Å²) >= 11 is 5.89. The maximum atomic E-state index is 11.4. The molecule has 1 aromatic carbocycles. The minimum Gasteiger partial charge on any atom is -0.462 e. The lowest BCUT2D eigenvalue weighted by atomic mass is 9.86. The lowest BCUT2D eigenvalue weighted by molar-refractivity contribution is 0.0526. The smallest absolute Gasteiger partial charge is 0.338 e. The number of esters is 1. The summed E-state index contributed by atoms with van der Waals surface area (Å²) in [6, 6.07) is 7.41. The van der Waals surface area contributed by atoms with E-state index in [2.05, 4.69) is 13.8 Å². The molecule has 0 N–H and O–H groups in total. The molecule has 1 rings (SSSR count). The molecule has 88 valence electrons. The minimum absolute atomic E-state index is 0.0747. The van der Waals surface area contributed by atoms with E-state index in [-0.39, 0.29) is 11.4 Å². The van der Waals surface area contributed by atoms with Crippen LogP contribution in [0.4, 0.5) is 0 Å². The van der Waals surface area contributed by atoms with Crippen LogP contribution in [0.25, 0.3) is 0 Å². The quantitative estimate of drug-likeness (QED) is 0.596. The first-order chi connectivity index (χ1) is 7.51. The third kappa shape index (κ3) is 2.99. The first kappa shape index (κ1) is 13.0. The van der Waals surface area contributed by atoms with Crippen molar-refractivity contribution in [3.05, 3.63) is 35.4 Å². The molecule has 0 radical (unpaired) electrons. The summed E-state index contributed by atoms with van der Waals surface area (Å²) in [5.74, 6) is 0.267. The zero-order chi connectivity index (χ0) is 12.2. The van der Waals surface area contributed by atoms with Crippen molar-refractivity contribution in [2.45, 2.75) is 26.2 Å². The molecular formula is C13H17ClO2. The number of alkyl halides is 1. The molecule has 0 bridgehead atoms. The van der Waals surface area contributed by atoms with E-state index in [1.165, 1.54) is 0 Å². The highest BCUT2D eigenvalue weighted by atomic mass is 35.5. The number of hydrogen-bond donors (Lipinski definition) is 0. The Morgan fingerprint density at radius 3 is 2.31 bits per heavy atom. The lowest BCUT2D eigenvalue weighted by Gasteiger charge is -2.21. The molecular weight excluding hydrogens is 224 g/mol. The summed E-state index contributed by atoms with van der Waals surface area (Å²) in [5.41, 5.74) is 1.63. The molecule has 1 aromatic rings. The third-order valence-electron chi connectivity index (χ3n) is 2.51. The van der Waals surface area contributed by atoms with Crippen molar-refractivity contribution >= 4 is 17.6 Å². The molecule has 0 aliphatic rings. The molecule has 0 amide bonds. The molecule has 16 heavy (non-hydrogen) atoms. The summed E-state index contributed by atoms with van der Waals surface area (Å²) in [7, 11) is 0. The molecule has 0 aromatic heterocycles. The number of carbonyl (C=O) groups excluding carboxylic acids is 1. The van der Waals surface area contributed by atoms with Gasteiger partial charge in [-0.05, 0) is 24.6 Å². The van der Waals surface area contributed by atoms with Gasteiger partial charge in [0.25, 0.3) is 0 Å². The molecule has 0 fully saturated rings. The summed E-state index contributed by atoms with van der Waals surface area (Å²) < 4.78 is 4.91. The van der Waals surface area contributed by atoms with Gasteiger partial charge in [-0.2, -0.15) is 0 Å². The SMILES string of the molecule is CCOC(=O)c1ccc(C(C)(C)CCl)cc1. The molecule has 0 unspecified atom stereocenters. The van der Waals surface area contributed by atoms with Gasteiger partial charge < -0.3 is 4.74 Å². The van der Waals surface area contributed by atoms with Crippen LogP contribution in [-0.4, -0.2) is 18.5 Å². The standard InChI is InChI=1S/C13H17ClO2/c1-4-16-12(15)10-5-7-11(8-6-10)13(2,3)9-14/h5-8H,4,9H2,1-3H3. The molecule has 0 aliphatic carbocycles. The average molecular weight is 241 g/mol. The first-order valence-electron chi connectivity index (χ1n) is 5.35. The number of halogens is 1. The van der Waals surface area contributed by atoms with Crippen molar-refractivity contribution in [2.24, 2.45) is 0 Å². The zero-order valence-electron chi connectivity index (χ0n) is 9.92. The highest BCUT2D eigenvalue weighted by Gasteiger charge is 2.19. The first-order valence-corrected chi connectivity index (χ1v) is 5.88. The van der Waals surface area contributed by atoms with Crippen molar-refractivity contribution in [2.75, 3.05) is 12.5 Å². The molecule has 0 saturated heterocycles. The van der Waals surface area contributed by atoms with Crippen LogP contribution in [0, 0.1) is 0 Å². The van der Waals surface area contributed by atoms with Crippen LogP contribution in [0.15, 0.2) is 24.3 Å². The van der Waals surface area contributed by atoms with Gasteiger partial charge in [-0.3, -0.25) is 0 Å². The van der Waals surface area contributed by atoms with E-state index in [9.17, 15) is 4.79 Å². The Hall–Kier alpha value is -1.02. The predicted molar refractivity (Wildman–Crippen MR) is 66.1 cm³/mol. The average Bonchev–Trinajstić information content (AvgIpc) is 2.29. The van der Waals surface area contributed by atoms with Crippen LogP contribution >= 0.6 is 11.6 Å². The maximum absolute atomic E-state index is 11.4. The number of carbonyl (C=O) groups is 1. The largest absolute Gasteiger partial charge is 0.462 e. The Balaban J connectivity index is 2.87. The van der Waals surface area contributed by atoms with Gasteiger partial charge in [-0.1, -0.05) is 26.0 Å². The van der Waals surface area contributed by atoms with Gasteiger partial charge in [-0.15, -0.1) is 11.6 Å². The van der Waals surface area contributed by atoms with Crippen molar-refractivity contribution in [1.29, 1.82) is 0 Å². The normalized spacial score (nSPS) is 11.2. The Labute approximate surface area is 102 Å². The monoisotopic (exact) mass is 240 g/mol. The summed E-state index contributed by atoms with van der Waals surface area (Å²) in [6.07, 6.45) is 0. The van der Waals surface area contributed by atoms with Gasteiger partial charge in [-0.25, -0.2) is 4.79 Å². The van der Waals surface area contributed by atoms with Gasteiger partial charge in [0.05, 0.1) is 12.2 Å². The summed E-state index contributed by atoms with van der Waals surface area (Å²) in [5, 5.41) is 0. The lowest BCUT2D eigenvalue weighted by Crippen LogP contribution is -2.19. The highest BCUT2D eigenvalue weighted by molar-refractivity contribution is 6.18. The number of hydrogen-bond acceptors (Lipinski definition) is 2. The second-order valence-corrected chi connectivity index (χ2v) is 4.58. The van der Waals surface area contributed by atoms with Crippen LogP contribution in [0.3, 0.4) is 0 Å². The molecule has 2 nitrogen and oxygen atoms in total. The van der Waals surface area contributed by atoms with Crippen molar-refractivity contribution in [1.82, 2.24) is 0 Å². The maximum Gasteiger partial charge on any atom is 0.338 e. The Morgan fingerprint density at radius 2 is 1.88 bits per heavy atom. The van der Waals surface area contributed by atoms with E-state index in [1.807, 2.05) is 12.1 Å². The van der Waals surface area contributed by atoms with Crippen LogP contribution in [0.1, 0.15) is 36.7 Å². The molecule has 0 heterocycles. The Bertz CT molecular complexity index is 355. The van der Waals surface area contributed by atoms with Crippen molar-refractivity contribution in [3.63, 3.8) is 0 Å². The number of rotatable bonds is 4. The molecule has 0 atom stereocenters. The van der Waals surface area contributed by atoms with Gasteiger partial charge in [0.1, 0.15) is 0 Å². The molecule has 0 saturated carbocycles. The predicted octanol–water partition coefficient (Wildman–Crippen LogP) is 3.38. The third-order valence-corrected chi connectivity index (χ3v) is 3.18. The van der Waals surface area contributed by atoms with Crippen molar-refractivity contribution < 1.29 is 9.53 Å². The topological polar surface area (TPSA) is 26.3 Å². The van der Waals surface area contributed by atoms with E-state index < -0.39 is 0 Å². The fourth-order valence-corrected chi connectivity index (χ4v) is 1.50. The van der Waals surface area contributed by atoms with Crippen LogP contribution in [-0.2, 0) is 10.2 Å². The second kappa shape index (κ2) is 5.35. The van der Waals surface area contributed by atoms with Crippen LogP contribution in [0.2, 0.25) is 0 Å². The fourth-order valence-electron chi connectivity index (χ4n) is 1.35. The molecule has 3 heteroatoms. The second-order valence-electron chi connectivity index (χ2n) is 4.32. The Kier molecular flexibility index (Phi) is 4.36. The van der Waals surface area contributed by atoms with E-state index in [1.54, 1.807) is 19.1 Å². The van der Waals surface area contributed by atoms with Gasteiger partial charge >= 0.3 is 5.97 Å². The van der Waals surface area contributed by atoms with Crippen molar-refractivity contribution in [3.8, 4) is 0 Å². The summed E-state index contributed by atoms with van der Waals surface area (Å²) in [6.45, 7) is 6.33. The van der Waals surface area contributed by atoms with Gasteiger partial charge in [0.2, 0.25) is 0 Å². The van der Waals surface area contributed by atoms with Gasteiger partial charge in [0.15, 0.2) is 0 Å². The van der Waals surface area contributed by atoms with Crippen LogP contribution < -0.4 is 0 Å². The minimum atomic E-state index is -0.280. The zero-order valence-corrected chi connectivity index (χ0v) is 10.7. The van der Waals surface area contributed by atoms with E-state index in [0.29, 0.717) is 18.1 Å². The van der Waals surface area contributed by atoms with Gasteiger partial charge in [0, 0.05) is 11.3 Å². The summed E-state index contributed by atoms with van der Waals surface area (Å²) in [4.78, 5) is 11.4. The van der Waals surface area contributed by atoms with E-state index in [0.717, 1.165) is 5.56 Å². The van der Waals surface area contributed by atoms with E-state index in [4.69, 9.17) is 16.3 Å². The highest BCUT2D eigenvalue weighted by Crippen LogP contribution is 2.24. The molecule has 0 aliphatic heterocycles. The fraction of sp³-hybridized carbons (Fsp3) is 0.462. The number of ether oxygens (including phenoxy) is 1. The Morgan fingerprint density at radius 1 is 1.31 bits per heavy atom. The molecule has 0 spiro atoms. The number of benzene rings is 1. The van der Waals surface area contributed by atoms with Crippen LogP contribution in [0.5, 0.6) is 0 Å². The van der Waals surface area contributed by atoms with E-state index >= 15 is 0 Å².